The van der Waals surface area contributed by atoms with Gasteiger partial charge in [-0.25, -0.2) is 4.79 Å². The maximum Gasteiger partial charge on any atom is 0.407 e. The molecule has 0 aromatic heterocycles. The van der Waals surface area contributed by atoms with E-state index >= 15 is 0 Å². The molecular formula is C12H24N2O4. The Bertz CT molecular complexity index is 261. The van der Waals surface area contributed by atoms with Crippen molar-refractivity contribution in [2.75, 3.05) is 20.4 Å². The molecule has 0 saturated heterocycles. The van der Waals surface area contributed by atoms with Gasteiger partial charge in [0.15, 0.2) is 0 Å². The summed E-state index contributed by atoms with van der Waals surface area (Å²) in [4.78, 5) is 22.5. The van der Waals surface area contributed by atoms with Crippen molar-refractivity contribution in [1.82, 2.24) is 10.6 Å². The molecule has 0 unspecified atom stereocenters. The topological polar surface area (TPSA) is 76.7 Å². The molecular weight excluding hydrogens is 236 g/mol. The molecule has 2 amide bonds. The van der Waals surface area contributed by atoms with E-state index in [-0.39, 0.29) is 12.6 Å². The fourth-order valence-corrected chi connectivity index (χ4v) is 1.16. The fraction of sp³-hybridized carbons (Fsp3) is 0.833. The number of hydrogen-bond acceptors (Lipinski definition) is 4. The molecule has 0 heterocycles. The number of amides is 2. The first-order valence-corrected chi connectivity index (χ1v) is 6.07. The molecule has 0 aliphatic heterocycles. The second-order valence-corrected chi connectivity index (χ2v) is 4.92. The SMILES string of the molecule is COCNC(=O)CCCCNC(=O)OC(C)(C)C. The smallest absolute Gasteiger partial charge is 0.407 e. The van der Waals surface area contributed by atoms with E-state index in [2.05, 4.69) is 10.6 Å². The molecule has 0 atom stereocenters. The molecule has 0 aromatic rings. The summed E-state index contributed by atoms with van der Waals surface area (Å²) in [5.74, 6) is -0.0471. The number of hydrogen-bond donors (Lipinski definition) is 2. The zero-order chi connectivity index (χ0) is 14.0. The molecule has 0 aliphatic carbocycles. The van der Waals surface area contributed by atoms with Gasteiger partial charge in [0.25, 0.3) is 0 Å². The second-order valence-electron chi connectivity index (χ2n) is 4.92. The van der Waals surface area contributed by atoms with E-state index in [0.29, 0.717) is 19.4 Å². The lowest BCUT2D eigenvalue weighted by Gasteiger charge is -2.19. The average Bonchev–Trinajstić information content (AvgIpc) is 2.23. The molecule has 18 heavy (non-hydrogen) atoms. The van der Waals surface area contributed by atoms with Crippen LogP contribution in [0.5, 0.6) is 0 Å². The van der Waals surface area contributed by atoms with Gasteiger partial charge in [-0.2, -0.15) is 0 Å². The quantitative estimate of drug-likeness (QED) is 0.536. The van der Waals surface area contributed by atoms with E-state index in [0.717, 1.165) is 6.42 Å². The molecule has 0 aromatic carbocycles. The van der Waals surface area contributed by atoms with E-state index in [1.165, 1.54) is 7.11 Å². The first kappa shape index (κ1) is 16.7. The maximum absolute atomic E-state index is 11.3. The number of ether oxygens (including phenoxy) is 2. The Kier molecular flexibility index (Phi) is 8.11. The van der Waals surface area contributed by atoms with Crippen molar-refractivity contribution in [3.63, 3.8) is 0 Å². The van der Waals surface area contributed by atoms with E-state index in [1.807, 2.05) is 20.8 Å². The van der Waals surface area contributed by atoms with Crippen LogP contribution < -0.4 is 10.6 Å². The third-order valence-electron chi connectivity index (χ3n) is 1.91. The van der Waals surface area contributed by atoms with Crippen LogP contribution in [0.15, 0.2) is 0 Å². The van der Waals surface area contributed by atoms with Crippen LogP contribution in [-0.4, -0.2) is 38.0 Å². The lowest BCUT2D eigenvalue weighted by molar-refractivity contribution is -0.122. The Balaban J connectivity index is 3.45. The summed E-state index contributed by atoms with van der Waals surface area (Å²) in [6, 6.07) is 0. The Hall–Kier alpha value is -1.30. The number of alkyl carbamates (subject to hydrolysis) is 1. The Labute approximate surface area is 108 Å². The van der Waals surface area contributed by atoms with Gasteiger partial charge in [-0.1, -0.05) is 0 Å². The van der Waals surface area contributed by atoms with Crippen molar-refractivity contribution >= 4 is 12.0 Å². The first-order chi connectivity index (χ1) is 8.35. The molecule has 0 bridgehead atoms. The van der Waals surface area contributed by atoms with Gasteiger partial charge in [-0.05, 0) is 33.6 Å². The normalized spacial score (nSPS) is 10.9. The molecule has 6 nitrogen and oxygen atoms in total. The van der Waals surface area contributed by atoms with E-state index in [9.17, 15) is 9.59 Å². The Morgan fingerprint density at radius 1 is 1.11 bits per heavy atom. The minimum absolute atomic E-state index is 0.0471. The molecule has 106 valence electrons. The van der Waals surface area contributed by atoms with E-state index in [4.69, 9.17) is 9.47 Å². The van der Waals surface area contributed by atoms with Crippen molar-refractivity contribution in [3.8, 4) is 0 Å². The minimum Gasteiger partial charge on any atom is -0.444 e. The van der Waals surface area contributed by atoms with E-state index < -0.39 is 11.7 Å². The second kappa shape index (κ2) is 8.74. The summed E-state index contributed by atoms with van der Waals surface area (Å²) in [5.41, 5.74) is -0.482. The van der Waals surface area contributed by atoms with Crippen LogP contribution in [0.1, 0.15) is 40.0 Å². The zero-order valence-electron chi connectivity index (χ0n) is 11.7. The molecule has 6 heteroatoms. The predicted molar refractivity (Wildman–Crippen MR) is 68.1 cm³/mol. The molecule has 0 rings (SSSR count). The summed E-state index contributed by atoms with van der Waals surface area (Å²) in [6.07, 6.45) is 1.45. The number of carbonyl (C=O) groups is 2. The van der Waals surface area contributed by atoms with E-state index in [1.54, 1.807) is 0 Å². The van der Waals surface area contributed by atoms with Gasteiger partial charge in [0, 0.05) is 20.1 Å². The molecule has 0 fully saturated rings. The van der Waals surface area contributed by atoms with Gasteiger partial charge in [0.1, 0.15) is 12.3 Å². The van der Waals surface area contributed by atoms with Gasteiger partial charge in [-0.15, -0.1) is 0 Å². The first-order valence-electron chi connectivity index (χ1n) is 6.07. The van der Waals surface area contributed by atoms with Gasteiger partial charge in [0.05, 0.1) is 0 Å². The molecule has 0 radical (unpaired) electrons. The number of nitrogens with one attached hydrogen (secondary N) is 2. The lowest BCUT2D eigenvalue weighted by Crippen LogP contribution is -2.33. The highest BCUT2D eigenvalue weighted by atomic mass is 16.6. The predicted octanol–water partition coefficient (Wildman–Crippen LogP) is 1.40. The summed E-state index contributed by atoms with van der Waals surface area (Å²) in [5, 5.41) is 5.23. The third-order valence-corrected chi connectivity index (χ3v) is 1.91. The van der Waals surface area contributed by atoms with Crippen LogP contribution in [0.3, 0.4) is 0 Å². The van der Waals surface area contributed by atoms with Crippen LogP contribution >= 0.6 is 0 Å². The largest absolute Gasteiger partial charge is 0.444 e. The standard InChI is InChI=1S/C12H24N2O4/c1-12(2,3)18-11(16)13-8-6-5-7-10(15)14-9-17-4/h5-9H2,1-4H3,(H,13,16)(H,14,15). The number of carbonyl (C=O) groups excluding carboxylic acids is 2. The van der Waals surface area contributed by atoms with Crippen LogP contribution in [0.25, 0.3) is 0 Å². The Morgan fingerprint density at radius 3 is 2.33 bits per heavy atom. The van der Waals surface area contributed by atoms with Crippen molar-refractivity contribution < 1.29 is 19.1 Å². The van der Waals surface area contributed by atoms with Gasteiger partial charge in [-0.3, -0.25) is 4.79 Å². The summed E-state index contributed by atoms with van der Waals surface area (Å²) in [6.45, 7) is 6.17. The highest BCUT2D eigenvalue weighted by Gasteiger charge is 2.15. The number of unbranched alkanes of at least 4 members (excludes halogenated alkanes) is 1. The molecule has 2 N–H and O–H groups in total. The highest BCUT2D eigenvalue weighted by Crippen LogP contribution is 2.06. The minimum atomic E-state index is -0.482. The van der Waals surface area contributed by atoms with Gasteiger partial charge < -0.3 is 20.1 Å². The summed E-state index contributed by atoms with van der Waals surface area (Å²) in [7, 11) is 1.52. The van der Waals surface area contributed by atoms with Crippen molar-refractivity contribution in [2.45, 2.75) is 45.6 Å². The maximum atomic E-state index is 11.3. The fourth-order valence-electron chi connectivity index (χ4n) is 1.16. The monoisotopic (exact) mass is 260 g/mol. The van der Waals surface area contributed by atoms with Crippen molar-refractivity contribution in [2.24, 2.45) is 0 Å². The lowest BCUT2D eigenvalue weighted by atomic mass is 10.2. The van der Waals surface area contributed by atoms with Crippen LogP contribution in [0.4, 0.5) is 4.79 Å². The Morgan fingerprint density at radius 2 is 1.78 bits per heavy atom. The molecule has 0 saturated carbocycles. The number of methoxy groups -OCH3 is 1. The van der Waals surface area contributed by atoms with Gasteiger partial charge >= 0.3 is 6.09 Å². The van der Waals surface area contributed by atoms with Crippen LogP contribution in [0, 0.1) is 0 Å². The van der Waals surface area contributed by atoms with Crippen LogP contribution in [-0.2, 0) is 14.3 Å². The summed E-state index contributed by atoms with van der Waals surface area (Å²) >= 11 is 0. The molecule has 0 aliphatic rings. The average molecular weight is 260 g/mol. The third kappa shape index (κ3) is 11.2. The van der Waals surface area contributed by atoms with Gasteiger partial charge in [0.2, 0.25) is 5.91 Å². The summed E-state index contributed by atoms with van der Waals surface area (Å²) < 4.78 is 9.78. The van der Waals surface area contributed by atoms with Crippen molar-refractivity contribution in [3.05, 3.63) is 0 Å². The van der Waals surface area contributed by atoms with Crippen LogP contribution in [0.2, 0.25) is 0 Å². The molecule has 0 spiro atoms. The highest BCUT2D eigenvalue weighted by molar-refractivity contribution is 5.75. The zero-order valence-corrected chi connectivity index (χ0v) is 11.7. The van der Waals surface area contributed by atoms with Crippen molar-refractivity contribution in [1.29, 1.82) is 0 Å². The number of rotatable bonds is 7.